The van der Waals surface area contributed by atoms with E-state index in [1.807, 2.05) is 9.80 Å². The Morgan fingerprint density at radius 2 is 1.74 bits per heavy atom. The Hall–Kier alpha value is -0.850. The van der Waals surface area contributed by atoms with Crippen molar-refractivity contribution in [3.63, 3.8) is 0 Å². The van der Waals surface area contributed by atoms with E-state index < -0.39 is 0 Å². The largest absolute Gasteiger partial charge is 0.379 e. The Morgan fingerprint density at radius 1 is 1.00 bits per heavy atom. The first-order valence-corrected chi connectivity index (χ1v) is 7.41. The third kappa shape index (κ3) is 3.01. The molecule has 3 aliphatic rings. The predicted molar refractivity (Wildman–Crippen MR) is 72.2 cm³/mol. The minimum Gasteiger partial charge on any atom is -0.379 e. The van der Waals surface area contributed by atoms with Crippen LogP contribution in [-0.4, -0.2) is 92.3 Å². The molecule has 108 valence electrons. The van der Waals surface area contributed by atoms with Crippen molar-refractivity contribution in [1.29, 1.82) is 0 Å². The van der Waals surface area contributed by atoms with Crippen molar-refractivity contribution in [1.82, 2.24) is 20.0 Å². The first-order chi connectivity index (χ1) is 9.34. The van der Waals surface area contributed by atoms with Gasteiger partial charge < -0.3 is 19.9 Å². The third-order valence-electron chi connectivity index (χ3n) is 4.38. The number of carbonyl (C=O) groups is 1. The molecule has 3 heterocycles. The number of nitrogens with one attached hydrogen (secondary N) is 1. The summed E-state index contributed by atoms with van der Waals surface area (Å²) in [5.41, 5.74) is 0. The van der Waals surface area contributed by atoms with Gasteiger partial charge in [0.25, 0.3) is 0 Å². The molecule has 3 saturated heterocycles. The average molecular weight is 268 g/mol. The molecule has 1 N–H and O–H groups in total. The normalized spacial score (nSPS) is 29.8. The number of carbonyl (C=O) groups excluding carboxylic acids is 1. The van der Waals surface area contributed by atoms with E-state index in [1.165, 1.54) is 0 Å². The van der Waals surface area contributed by atoms with Crippen LogP contribution in [0, 0.1) is 0 Å². The topological polar surface area (TPSA) is 48.1 Å². The Balaban J connectivity index is 1.51. The molecule has 6 nitrogen and oxygen atoms in total. The van der Waals surface area contributed by atoms with Crippen LogP contribution >= 0.6 is 0 Å². The second-order valence-electron chi connectivity index (χ2n) is 5.56. The number of hydrogen-bond donors (Lipinski definition) is 1. The van der Waals surface area contributed by atoms with E-state index in [4.69, 9.17) is 4.74 Å². The Morgan fingerprint density at radius 3 is 2.47 bits per heavy atom. The van der Waals surface area contributed by atoms with Gasteiger partial charge in [0.1, 0.15) is 0 Å². The highest BCUT2D eigenvalue weighted by molar-refractivity contribution is 5.75. The maximum Gasteiger partial charge on any atom is 0.320 e. The second kappa shape index (κ2) is 6.07. The summed E-state index contributed by atoms with van der Waals surface area (Å²) in [5, 5.41) is 3.29. The molecule has 0 aromatic carbocycles. The van der Waals surface area contributed by atoms with Gasteiger partial charge in [0, 0.05) is 58.4 Å². The monoisotopic (exact) mass is 268 g/mol. The Bertz CT molecular complexity index is 314. The summed E-state index contributed by atoms with van der Waals surface area (Å²) in [4.78, 5) is 18.9. The summed E-state index contributed by atoms with van der Waals surface area (Å²) in [7, 11) is 0. The van der Waals surface area contributed by atoms with Crippen molar-refractivity contribution in [2.75, 3.05) is 65.6 Å². The summed E-state index contributed by atoms with van der Waals surface area (Å²) in [6.07, 6.45) is 1.11. The number of likely N-dealkylation sites (tertiary alicyclic amines) is 1. The molecule has 0 aromatic heterocycles. The van der Waals surface area contributed by atoms with Gasteiger partial charge in [0.05, 0.1) is 13.2 Å². The first-order valence-electron chi connectivity index (χ1n) is 7.41. The number of piperazine rings is 1. The number of hydrogen-bond acceptors (Lipinski definition) is 4. The zero-order chi connectivity index (χ0) is 13.1. The fourth-order valence-corrected chi connectivity index (χ4v) is 3.21. The predicted octanol–water partition coefficient (Wildman–Crippen LogP) is -0.582. The molecule has 0 bridgehead atoms. The van der Waals surface area contributed by atoms with E-state index >= 15 is 0 Å². The van der Waals surface area contributed by atoms with Crippen LogP contribution in [-0.2, 0) is 4.74 Å². The standard InChI is InChI=1S/C13H24N4O2/c18-13(16-5-2-14-3-6-16)17-4-1-12(11-17)15-7-9-19-10-8-15/h12,14H,1-11H2. The molecule has 19 heavy (non-hydrogen) atoms. The smallest absolute Gasteiger partial charge is 0.320 e. The minimum atomic E-state index is 0.234. The summed E-state index contributed by atoms with van der Waals surface area (Å²) in [6.45, 7) is 9.03. The Kier molecular flexibility index (Phi) is 4.20. The summed E-state index contributed by atoms with van der Waals surface area (Å²) < 4.78 is 5.39. The zero-order valence-corrected chi connectivity index (χ0v) is 11.5. The van der Waals surface area contributed by atoms with Crippen LogP contribution in [0.1, 0.15) is 6.42 Å². The molecule has 0 aliphatic carbocycles. The van der Waals surface area contributed by atoms with Gasteiger partial charge in [-0.2, -0.15) is 0 Å². The fraction of sp³-hybridized carbons (Fsp3) is 0.923. The summed E-state index contributed by atoms with van der Waals surface area (Å²) in [6, 6.07) is 0.771. The number of morpholine rings is 1. The maximum absolute atomic E-state index is 12.4. The lowest BCUT2D eigenvalue weighted by atomic mass is 10.2. The molecular formula is C13H24N4O2. The number of rotatable bonds is 1. The molecule has 0 aromatic rings. The lowest BCUT2D eigenvalue weighted by molar-refractivity contribution is 0.0188. The molecule has 3 fully saturated rings. The van der Waals surface area contributed by atoms with Gasteiger partial charge >= 0.3 is 6.03 Å². The van der Waals surface area contributed by atoms with E-state index in [1.54, 1.807) is 0 Å². The summed E-state index contributed by atoms with van der Waals surface area (Å²) in [5.74, 6) is 0. The molecule has 3 rings (SSSR count). The van der Waals surface area contributed by atoms with Crippen molar-refractivity contribution in [3.8, 4) is 0 Å². The molecule has 3 aliphatic heterocycles. The van der Waals surface area contributed by atoms with Crippen LogP contribution in [0.25, 0.3) is 0 Å². The Labute approximate surface area is 114 Å². The average Bonchev–Trinajstić information content (AvgIpc) is 2.98. The van der Waals surface area contributed by atoms with Gasteiger partial charge in [0.15, 0.2) is 0 Å². The molecular weight excluding hydrogens is 244 g/mol. The SMILES string of the molecule is O=C(N1CCNCC1)N1CCC(N2CCOCC2)C1. The van der Waals surface area contributed by atoms with Crippen molar-refractivity contribution in [3.05, 3.63) is 0 Å². The molecule has 0 radical (unpaired) electrons. The quantitative estimate of drug-likeness (QED) is 0.691. The molecule has 1 atom stereocenters. The molecule has 0 spiro atoms. The van der Waals surface area contributed by atoms with Crippen LogP contribution in [0.15, 0.2) is 0 Å². The van der Waals surface area contributed by atoms with Crippen LogP contribution in [0.3, 0.4) is 0 Å². The van der Waals surface area contributed by atoms with Crippen LogP contribution in [0.5, 0.6) is 0 Å². The van der Waals surface area contributed by atoms with Crippen molar-refractivity contribution >= 4 is 6.03 Å². The van der Waals surface area contributed by atoms with Crippen LogP contribution in [0.2, 0.25) is 0 Å². The van der Waals surface area contributed by atoms with Crippen molar-refractivity contribution < 1.29 is 9.53 Å². The van der Waals surface area contributed by atoms with Gasteiger partial charge in [-0.25, -0.2) is 4.79 Å². The number of amides is 2. The van der Waals surface area contributed by atoms with Crippen LogP contribution < -0.4 is 5.32 Å². The molecule has 2 amide bonds. The van der Waals surface area contributed by atoms with Crippen molar-refractivity contribution in [2.45, 2.75) is 12.5 Å². The zero-order valence-electron chi connectivity index (χ0n) is 11.5. The molecule has 0 saturated carbocycles. The van der Waals surface area contributed by atoms with Gasteiger partial charge in [-0.15, -0.1) is 0 Å². The highest BCUT2D eigenvalue weighted by Gasteiger charge is 2.33. The summed E-state index contributed by atoms with van der Waals surface area (Å²) >= 11 is 0. The van der Waals surface area contributed by atoms with Gasteiger partial charge in [-0.05, 0) is 6.42 Å². The van der Waals surface area contributed by atoms with Crippen molar-refractivity contribution in [2.24, 2.45) is 0 Å². The second-order valence-corrected chi connectivity index (χ2v) is 5.56. The molecule has 6 heteroatoms. The van der Waals surface area contributed by atoms with E-state index in [2.05, 4.69) is 10.2 Å². The minimum absolute atomic E-state index is 0.234. The van der Waals surface area contributed by atoms with E-state index in [0.717, 1.165) is 72.0 Å². The lowest BCUT2D eigenvalue weighted by Crippen LogP contribution is -2.52. The highest BCUT2D eigenvalue weighted by Crippen LogP contribution is 2.18. The van der Waals surface area contributed by atoms with E-state index in [9.17, 15) is 4.79 Å². The maximum atomic E-state index is 12.4. The van der Waals surface area contributed by atoms with Gasteiger partial charge in [0.2, 0.25) is 0 Å². The first kappa shape index (κ1) is 13.1. The molecule has 1 unspecified atom stereocenters. The third-order valence-corrected chi connectivity index (χ3v) is 4.38. The highest BCUT2D eigenvalue weighted by atomic mass is 16.5. The number of ether oxygens (including phenoxy) is 1. The lowest BCUT2D eigenvalue weighted by Gasteiger charge is -2.33. The van der Waals surface area contributed by atoms with E-state index in [-0.39, 0.29) is 6.03 Å². The van der Waals surface area contributed by atoms with Crippen LogP contribution in [0.4, 0.5) is 4.79 Å². The van der Waals surface area contributed by atoms with Gasteiger partial charge in [-0.1, -0.05) is 0 Å². The van der Waals surface area contributed by atoms with E-state index in [0.29, 0.717) is 6.04 Å². The fourth-order valence-electron chi connectivity index (χ4n) is 3.21. The number of nitrogens with zero attached hydrogens (tertiary/aromatic N) is 3. The van der Waals surface area contributed by atoms with Gasteiger partial charge in [-0.3, -0.25) is 4.90 Å². The number of urea groups is 1.